The Morgan fingerprint density at radius 1 is 1.38 bits per heavy atom. The van der Waals surface area contributed by atoms with Crippen LogP contribution < -0.4 is 10.7 Å². The fourth-order valence-electron chi connectivity index (χ4n) is 1.99. The second-order valence-electron chi connectivity index (χ2n) is 5.38. The molecule has 10 heteroatoms. The maximum atomic E-state index is 11.0. The molecule has 0 aliphatic rings. The number of nitrogens with one attached hydrogen (secondary N) is 2. The van der Waals surface area contributed by atoms with Crippen molar-refractivity contribution in [3.05, 3.63) is 38.9 Å². The number of ether oxygens (including phenoxy) is 1. The summed E-state index contributed by atoms with van der Waals surface area (Å²) in [5, 5.41) is 18.4. The summed E-state index contributed by atoms with van der Waals surface area (Å²) in [5.74, 6) is -0.206. The molecule has 142 valence electrons. The van der Waals surface area contributed by atoms with E-state index in [1.807, 2.05) is 0 Å². The Kier molecular flexibility index (Phi) is 9.53. The van der Waals surface area contributed by atoms with Crippen LogP contribution in [0.4, 0.5) is 5.69 Å². The van der Waals surface area contributed by atoms with Gasteiger partial charge >= 0.3 is 5.97 Å². The zero-order valence-corrected chi connectivity index (χ0v) is 16.2. The number of hydrogen-bond acceptors (Lipinski definition) is 6. The van der Waals surface area contributed by atoms with Crippen molar-refractivity contribution in [3.63, 3.8) is 0 Å². The molecular formula is C16H21ClN4O4S. The summed E-state index contributed by atoms with van der Waals surface area (Å²) in [6.45, 7) is 2.35. The number of methoxy groups -OCH3 is 1. The van der Waals surface area contributed by atoms with Gasteiger partial charge in [-0.3, -0.25) is 20.3 Å². The normalized spacial score (nSPS) is 11.0. The number of nitrogens with zero attached hydrogens (tertiary/aromatic N) is 2. The number of nitro groups is 1. The predicted octanol–water partition coefficient (Wildman–Crippen LogP) is 3.17. The third-order valence-electron chi connectivity index (χ3n) is 3.46. The molecule has 2 N–H and O–H groups in total. The quantitative estimate of drug-likeness (QED) is 0.164. The number of carbonyl (C=O) groups is 1. The summed E-state index contributed by atoms with van der Waals surface area (Å²) in [7, 11) is 1.37. The standard InChI is InChI=1S/C16H21ClN4O4S/c1-11(12-7-8-13(17)14(10-12)21(23)24)19-20-16(26)18-9-5-3-4-6-15(22)25-2/h7-8,10H,3-6,9H2,1-2H3,(H2,18,20,26)/b19-11-. The van der Waals surface area contributed by atoms with E-state index in [-0.39, 0.29) is 16.7 Å². The van der Waals surface area contributed by atoms with E-state index in [1.54, 1.807) is 13.0 Å². The Labute approximate surface area is 162 Å². The molecule has 0 aliphatic heterocycles. The molecule has 1 aromatic rings. The minimum Gasteiger partial charge on any atom is -0.469 e. The minimum absolute atomic E-state index is 0.0731. The number of thiocarbonyl (C=S) groups is 1. The van der Waals surface area contributed by atoms with Crippen LogP contribution in [-0.2, 0) is 9.53 Å². The van der Waals surface area contributed by atoms with Crippen molar-refractivity contribution in [2.75, 3.05) is 13.7 Å². The maximum Gasteiger partial charge on any atom is 0.305 e. The number of carbonyl (C=O) groups excluding carboxylic acids is 1. The summed E-state index contributed by atoms with van der Waals surface area (Å²) in [5.41, 5.74) is 3.62. The molecule has 0 radical (unpaired) electrons. The molecular weight excluding hydrogens is 380 g/mol. The molecule has 0 saturated carbocycles. The van der Waals surface area contributed by atoms with Crippen molar-refractivity contribution < 1.29 is 14.5 Å². The maximum absolute atomic E-state index is 11.0. The summed E-state index contributed by atoms with van der Waals surface area (Å²) in [6.07, 6.45) is 2.91. The lowest BCUT2D eigenvalue weighted by Gasteiger charge is -2.08. The lowest BCUT2D eigenvalue weighted by atomic mass is 10.1. The van der Waals surface area contributed by atoms with E-state index >= 15 is 0 Å². The van der Waals surface area contributed by atoms with Crippen LogP contribution in [0.1, 0.15) is 38.2 Å². The van der Waals surface area contributed by atoms with E-state index in [1.165, 1.54) is 19.2 Å². The van der Waals surface area contributed by atoms with Gasteiger partial charge in [-0.15, -0.1) is 0 Å². The molecule has 0 spiro atoms. The van der Waals surface area contributed by atoms with E-state index in [9.17, 15) is 14.9 Å². The first-order valence-corrected chi connectivity index (χ1v) is 8.73. The van der Waals surface area contributed by atoms with Crippen molar-refractivity contribution in [1.82, 2.24) is 10.7 Å². The second-order valence-corrected chi connectivity index (χ2v) is 6.19. The van der Waals surface area contributed by atoms with Gasteiger partial charge < -0.3 is 10.1 Å². The van der Waals surface area contributed by atoms with Gasteiger partial charge in [0.05, 0.1) is 17.7 Å². The van der Waals surface area contributed by atoms with E-state index in [2.05, 4.69) is 20.6 Å². The van der Waals surface area contributed by atoms with E-state index in [4.69, 9.17) is 23.8 Å². The first-order chi connectivity index (χ1) is 12.3. The number of hydrazone groups is 1. The van der Waals surface area contributed by atoms with Gasteiger partial charge in [0.2, 0.25) is 0 Å². The van der Waals surface area contributed by atoms with Crippen LogP contribution in [0.15, 0.2) is 23.3 Å². The molecule has 0 amide bonds. The lowest BCUT2D eigenvalue weighted by Crippen LogP contribution is -2.33. The van der Waals surface area contributed by atoms with Crippen LogP contribution in [0, 0.1) is 10.1 Å². The number of esters is 1. The highest BCUT2D eigenvalue weighted by atomic mass is 35.5. The third kappa shape index (κ3) is 7.75. The van der Waals surface area contributed by atoms with Crippen molar-refractivity contribution >= 4 is 46.3 Å². The SMILES string of the molecule is COC(=O)CCCCCNC(=S)N/N=C(/C)c1ccc(Cl)c([N+](=O)[O-])c1. The van der Waals surface area contributed by atoms with Crippen molar-refractivity contribution in [2.45, 2.75) is 32.6 Å². The van der Waals surface area contributed by atoms with Crippen LogP contribution in [0.5, 0.6) is 0 Å². The van der Waals surface area contributed by atoms with Gasteiger partial charge in [0, 0.05) is 24.6 Å². The van der Waals surface area contributed by atoms with Crippen LogP contribution in [0.3, 0.4) is 0 Å². The number of nitro benzene ring substituents is 1. The second kappa shape index (κ2) is 11.4. The summed E-state index contributed by atoms with van der Waals surface area (Å²) >= 11 is 10.9. The number of halogens is 1. The molecule has 8 nitrogen and oxygen atoms in total. The summed E-state index contributed by atoms with van der Waals surface area (Å²) in [4.78, 5) is 21.3. The third-order valence-corrected chi connectivity index (χ3v) is 4.01. The number of hydrogen-bond donors (Lipinski definition) is 2. The van der Waals surface area contributed by atoms with E-state index in [0.29, 0.717) is 29.4 Å². The number of rotatable bonds is 9. The first-order valence-electron chi connectivity index (χ1n) is 7.94. The Morgan fingerprint density at radius 2 is 2.12 bits per heavy atom. The monoisotopic (exact) mass is 400 g/mol. The molecule has 0 heterocycles. The van der Waals surface area contributed by atoms with Gasteiger partial charge in [-0.1, -0.05) is 24.1 Å². The Balaban J connectivity index is 2.40. The van der Waals surface area contributed by atoms with E-state index in [0.717, 1.165) is 19.3 Å². The Morgan fingerprint density at radius 3 is 2.77 bits per heavy atom. The summed E-state index contributed by atoms with van der Waals surface area (Å²) < 4.78 is 4.57. The highest BCUT2D eigenvalue weighted by Crippen LogP contribution is 2.25. The zero-order chi connectivity index (χ0) is 19.5. The molecule has 1 rings (SSSR count). The van der Waals surface area contributed by atoms with Gasteiger partial charge in [-0.25, -0.2) is 0 Å². The molecule has 0 aromatic heterocycles. The van der Waals surface area contributed by atoms with Crippen molar-refractivity contribution in [1.29, 1.82) is 0 Å². The molecule has 26 heavy (non-hydrogen) atoms. The van der Waals surface area contributed by atoms with Gasteiger partial charge in [0.15, 0.2) is 5.11 Å². The van der Waals surface area contributed by atoms with Crippen LogP contribution in [0.2, 0.25) is 5.02 Å². The Bertz CT molecular complexity index is 697. The van der Waals surface area contributed by atoms with Crippen molar-refractivity contribution in [2.24, 2.45) is 5.10 Å². The summed E-state index contributed by atoms with van der Waals surface area (Å²) in [6, 6.07) is 4.47. The molecule has 0 atom stereocenters. The molecule has 0 unspecified atom stereocenters. The smallest absolute Gasteiger partial charge is 0.305 e. The zero-order valence-electron chi connectivity index (χ0n) is 14.6. The van der Waals surface area contributed by atoms with Gasteiger partial charge in [-0.2, -0.15) is 5.10 Å². The average Bonchev–Trinajstić information content (AvgIpc) is 2.62. The molecule has 1 aromatic carbocycles. The van der Waals surface area contributed by atoms with Crippen LogP contribution in [-0.4, -0.2) is 35.4 Å². The van der Waals surface area contributed by atoms with Crippen LogP contribution in [0.25, 0.3) is 0 Å². The fourth-order valence-corrected chi connectivity index (χ4v) is 2.33. The van der Waals surface area contributed by atoms with Gasteiger partial charge in [-0.05, 0) is 38.0 Å². The van der Waals surface area contributed by atoms with Crippen molar-refractivity contribution in [3.8, 4) is 0 Å². The molecule has 0 fully saturated rings. The highest BCUT2D eigenvalue weighted by Gasteiger charge is 2.13. The first kappa shape index (κ1) is 21.8. The number of unbranched alkanes of at least 4 members (excludes halogenated alkanes) is 2. The molecule has 0 aliphatic carbocycles. The molecule has 0 saturated heterocycles. The van der Waals surface area contributed by atoms with E-state index < -0.39 is 4.92 Å². The molecule has 0 bridgehead atoms. The number of benzene rings is 1. The predicted molar refractivity (Wildman–Crippen MR) is 105 cm³/mol. The van der Waals surface area contributed by atoms with Gasteiger partial charge in [0.1, 0.15) is 5.02 Å². The average molecular weight is 401 g/mol. The fraction of sp³-hybridized carbons (Fsp3) is 0.438. The van der Waals surface area contributed by atoms with Gasteiger partial charge in [0.25, 0.3) is 5.69 Å². The Hall–Kier alpha value is -2.26. The lowest BCUT2D eigenvalue weighted by molar-refractivity contribution is -0.384. The van der Waals surface area contributed by atoms with Crippen LogP contribution >= 0.6 is 23.8 Å². The highest BCUT2D eigenvalue weighted by molar-refractivity contribution is 7.80. The minimum atomic E-state index is -0.543. The topological polar surface area (TPSA) is 106 Å². The largest absolute Gasteiger partial charge is 0.469 e.